The summed E-state index contributed by atoms with van der Waals surface area (Å²) < 4.78 is 11.8. The van der Waals surface area contributed by atoms with Gasteiger partial charge in [-0.15, -0.1) is 11.3 Å². The first kappa shape index (κ1) is 16.8. The third kappa shape index (κ3) is 2.80. The molecular weight excluding hydrogens is 340 g/mol. The first-order chi connectivity index (χ1) is 12.8. The zero-order valence-electron chi connectivity index (χ0n) is 15.5. The van der Waals surface area contributed by atoms with Gasteiger partial charge in [-0.1, -0.05) is 24.3 Å². The molecule has 4 aliphatic carbocycles. The zero-order chi connectivity index (χ0) is 17.6. The van der Waals surface area contributed by atoms with Crippen LogP contribution < -0.4 is 4.74 Å². The van der Waals surface area contributed by atoms with E-state index in [0.717, 1.165) is 29.1 Å². The van der Waals surface area contributed by atoms with Gasteiger partial charge >= 0.3 is 0 Å². The van der Waals surface area contributed by atoms with Crippen molar-refractivity contribution in [2.24, 2.45) is 17.8 Å². The maximum Gasteiger partial charge on any atom is 0.189 e. The summed E-state index contributed by atoms with van der Waals surface area (Å²) in [7, 11) is 0. The first-order valence-corrected chi connectivity index (χ1v) is 10.9. The smallest absolute Gasteiger partial charge is 0.189 e. The number of hydrogen-bond donors (Lipinski definition) is 0. The van der Waals surface area contributed by atoms with E-state index in [1.54, 1.807) is 0 Å². The molecule has 1 aromatic carbocycles. The third-order valence-electron chi connectivity index (χ3n) is 6.80. The summed E-state index contributed by atoms with van der Waals surface area (Å²) >= 11 is 1.82. The zero-order valence-corrected chi connectivity index (χ0v) is 16.3. The molecule has 0 unspecified atom stereocenters. The van der Waals surface area contributed by atoms with Gasteiger partial charge in [-0.3, -0.25) is 0 Å². The summed E-state index contributed by atoms with van der Waals surface area (Å²) in [4.78, 5) is 1.22. The molecule has 137 valence electrons. The molecule has 3 heteroatoms. The SMILES string of the molecule is CCOCOc1c(C23CC4CC(CC(C4)C2)C3)csc1-c1[c]cccc1. The fraction of sp³-hybridized carbons (Fsp3) is 0.565. The molecule has 4 saturated carbocycles. The van der Waals surface area contributed by atoms with E-state index in [1.165, 1.54) is 49.0 Å². The summed E-state index contributed by atoms with van der Waals surface area (Å²) in [6.45, 7) is 3.04. The van der Waals surface area contributed by atoms with E-state index in [0.29, 0.717) is 18.8 Å². The standard InChI is InChI=1S/C23H27O2S/c1-2-24-15-25-21-20(14-26-22(21)19-6-4-3-5-7-19)23-11-16-8-17(12-23)10-18(9-16)13-23/h3-6,14,16-18H,2,8-13,15H2,1H3. The van der Waals surface area contributed by atoms with Crippen LogP contribution >= 0.6 is 11.3 Å². The molecular formula is C23H27O2S. The highest BCUT2D eigenvalue weighted by Crippen LogP contribution is 2.63. The van der Waals surface area contributed by atoms with Crippen molar-refractivity contribution in [1.82, 2.24) is 0 Å². The number of rotatable bonds is 6. The molecule has 4 aliphatic rings. The molecule has 4 bridgehead atoms. The second-order valence-electron chi connectivity index (χ2n) is 8.54. The van der Waals surface area contributed by atoms with Crippen molar-refractivity contribution in [3.8, 4) is 16.2 Å². The van der Waals surface area contributed by atoms with Crippen molar-refractivity contribution in [3.63, 3.8) is 0 Å². The maximum atomic E-state index is 6.26. The van der Waals surface area contributed by atoms with Crippen LogP contribution in [0, 0.1) is 23.8 Å². The lowest BCUT2D eigenvalue weighted by atomic mass is 9.48. The van der Waals surface area contributed by atoms with E-state index < -0.39 is 0 Å². The van der Waals surface area contributed by atoms with Crippen LogP contribution in [0.15, 0.2) is 29.6 Å². The van der Waals surface area contributed by atoms with Crippen molar-refractivity contribution in [1.29, 1.82) is 0 Å². The Balaban J connectivity index is 1.55. The van der Waals surface area contributed by atoms with Crippen LogP contribution in [-0.4, -0.2) is 13.4 Å². The quantitative estimate of drug-likeness (QED) is 0.457. The Kier molecular flexibility index (Phi) is 4.33. The molecule has 0 atom stereocenters. The highest BCUT2D eigenvalue weighted by molar-refractivity contribution is 7.14. The van der Waals surface area contributed by atoms with E-state index in [4.69, 9.17) is 9.47 Å². The molecule has 1 aromatic heterocycles. The van der Waals surface area contributed by atoms with Gasteiger partial charge in [0, 0.05) is 23.1 Å². The van der Waals surface area contributed by atoms with Gasteiger partial charge in [0.05, 0.1) is 4.88 Å². The molecule has 2 nitrogen and oxygen atoms in total. The fourth-order valence-corrected chi connectivity index (χ4v) is 7.32. The number of benzene rings is 1. The van der Waals surface area contributed by atoms with Crippen LogP contribution in [-0.2, 0) is 10.2 Å². The maximum absolute atomic E-state index is 6.26. The molecule has 0 N–H and O–H groups in total. The molecule has 1 radical (unpaired) electrons. The Morgan fingerprint density at radius 2 is 1.85 bits per heavy atom. The lowest BCUT2D eigenvalue weighted by molar-refractivity contribution is -0.0104. The minimum atomic E-state index is 0.340. The topological polar surface area (TPSA) is 18.5 Å². The van der Waals surface area contributed by atoms with Gasteiger partial charge in [0.2, 0.25) is 0 Å². The van der Waals surface area contributed by atoms with Crippen LogP contribution in [0.25, 0.3) is 10.4 Å². The fourth-order valence-electron chi connectivity index (χ4n) is 6.20. The molecule has 4 fully saturated rings. The van der Waals surface area contributed by atoms with E-state index in [-0.39, 0.29) is 0 Å². The number of thiophene rings is 1. The van der Waals surface area contributed by atoms with E-state index in [9.17, 15) is 0 Å². The molecule has 0 amide bonds. The average Bonchev–Trinajstić information content (AvgIpc) is 3.06. The predicted octanol–water partition coefficient (Wildman–Crippen LogP) is 6.06. The van der Waals surface area contributed by atoms with Crippen LogP contribution in [0.4, 0.5) is 0 Å². The third-order valence-corrected chi connectivity index (χ3v) is 7.79. The van der Waals surface area contributed by atoms with Crippen molar-refractivity contribution in [2.75, 3.05) is 13.4 Å². The van der Waals surface area contributed by atoms with Gasteiger partial charge < -0.3 is 9.47 Å². The highest BCUT2D eigenvalue weighted by Gasteiger charge is 2.53. The largest absolute Gasteiger partial charge is 0.466 e. The number of ether oxygens (including phenoxy) is 2. The van der Waals surface area contributed by atoms with E-state index in [1.807, 2.05) is 30.4 Å². The van der Waals surface area contributed by atoms with E-state index in [2.05, 4.69) is 23.6 Å². The molecule has 6 rings (SSSR count). The van der Waals surface area contributed by atoms with Crippen molar-refractivity contribution in [3.05, 3.63) is 41.3 Å². The Bertz CT molecular complexity index is 728. The molecule has 1 heterocycles. The Morgan fingerprint density at radius 1 is 1.12 bits per heavy atom. The average molecular weight is 368 g/mol. The van der Waals surface area contributed by atoms with Crippen LogP contribution in [0.3, 0.4) is 0 Å². The molecule has 0 aliphatic heterocycles. The van der Waals surface area contributed by atoms with Gasteiger partial charge in [-0.2, -0.15) is 0 Å². The summed E-state index contributed by atoms with van der Waals surface area (Å²) in [6.07, 6.45) is 8.49. The lowest BCUT2D eigenvalue weighted by Gasteiger charge is -2.57. The molecule has 0 saturated heterocycles. The van der Waals surface area contributed by atoms with Gasteiger partial charge in [0.15, 0.2) is 6.79 Å². The number of hydrogen-bond acceptors (Lipinski definition) is 3. The summed E-state index contributed by atoms with van der Waals surface area (Å²) in [5.41, 5.74) is 2.95. The van der Waals surface area contributed by atoms with Crippen LogP contribution in [0.5, 0.6) is 5.75 Å². The van der Waals surface area contributed by atoms with Crippen LogP contribution in [0.1, 0.15) is 51.0 Å². The Labute approximate surface area is 160 Å². The Morgan fingerprint density at radius 3 is 2.46 bits per heavy atom. The summed E-state index contributed by atoms with van der Waals surface area (Å²) in [5, 5.41) is 2.39. The second kappa shape index (κ2) is 6.69. The van der Waals surface area contributed by atoms with Crippen molar-refractivity contribution < 1.29 is 9.47 Å². The normalized spacial score (nSPS) is 32.1. The lowest BCUT2D eigenvalue weighted by Crippen LogP contribution is -2.48. The highest BCUT2D eigenvalue weighted by atomic mass is 32.1. The van der Waals surface area contributed by atoms with Gasteiger partial charge in [0.25, 0.3) is 0 Å². The minimum absolute atomic E-state index is 0.340. The monoisotopic (exact) mass is 367 g/mol. The second-order valence-corrected chi connectivity index (χ2v) is 9.42. The van der Waals surface area contributed by atoms with Crippen LogP contribution in [0.2, 0.25) is 0 Å². The summed E-state index contributed by atoms with van der Waals surface area (Å²) in [5.74, 6) is 3.89. The first-order valence-electron chi connectivity index (χ1n) is 10.1. The predicted molar refractivity (Wildman–Crippen MR) is 106 cm³/mol. The molecule has 2 aromatic rings. The Hall–Kier alpha value is -1.32. The van der Waals surface area contributed by atoms with Crippen molar-refractivity contribution >= 4 is 11.3 Å². The minimum Gasteiger partial charge on any atom is -0.466 e. The van der Waals surface area contributed by atoms with Crippen molar-refractivity contribution in [2.45, 2.75) is 50.9 Å². The molecule has 0 spiro atoms. The van der Waals surface area contributed by atoms with Gasteiger partial charge in [-0.05, 0) is 74.6 Å². The van der Waals surface area contributed by atoms with E-state index >= 15 is 0 Å². The summed E-state index contributed by atoms with van der Waals surface area (Å²) in [6, 6.07) is 11.6. The van der Waals surface area contributed by atoms with Gasteiger partial charge in [0.1, 0.15) is 5.75 Å². The van der Waals surface area contributed by atoms with Gasteiger partial charge in [-0.25, -0.2) is 0 Å². The molecule has 26 heavy (non-hydrogen) atoms.